The lowest BCUT2D eigenvalue weighted by molar-refractivity contribution is 0.0955. The molecule has 6 heteroatoms. The molecule has 0 aliphatic carbocycles. The van der Waals surface area contributed by atoms with Gasteiger partial charge in [-0.05, 0) is 30.2 Å². The van der Waals surface area contributed by atoms with E-state index in [9.17, 15) is 4.79 Å². The lowest BCUT2D eigenvalue weighted by Gasteiger charge is -2.10. The van der Waals surface area contributed by atoms with Crippen LogP contribution in [0, 0.1) is 0 Å². The number of benzene rings is 3. The Labute approximate surface area is 197 Å². The van der Waals surface area contributed by atoms with E-state index in [0.717, 1.165) is 33.8 Å². The van der Waals surface area contributed by atoms with Gasteiger partial charge in [0.2, 0.25) is 0 Å². The van der Waals surface area contributed by atoms with Gasteiger partial charge in [-0.1, -0.05) is 72.8 Å². The van der Waals surface area contributed by atoms with Gasteiger partial charge in [-0.15, -0.1) is 0 Å². The Kier molecular flexibility index (Phi) is 6.03. The third-order valence-electron chi connectivity index (χ3n) is 5.71. The fraction of sp³-hybridized carbons (Fsp3) is 0.107. The van der Waals surface area contributed by atoms with Crippen LogP contribution in [0.2, 0.25) is 0 Å². The van der Waals surface area contributed by atoms with E-state index in [1.54, 1.807) is 17.8 Å². The van der Waals surface area contributed by atoms with E-state index < -0.39 is 0 Å². The van der Waals surface area contributed by atoms with Crippen LogP contribution in [0.1, 0.15) is 15.9 Å². The molecular formula is C28H24N4O2. The average Bonchev–Trinajstić information content (AvgIpc) is 3.34. The van der Waals surface area contributed by atoms with Crippen molar-refractivity contribution in [3.63, 3.8) is 0 Å². The molecular weight excluding hydrogens is 424 g/mol. The zero-order valence-corrected chi connectivity index (χ0v) is 18.8. The minimum Gasteiger partial charge on any atom is -0.497 e. The predicted octanol–water partition coefficient (Wildman–Crippen LogP) is 5.04. The molecule has 5 aromatic rings. The molecule has 0 aliphatic heterocycles. The number of rotatable bonds is 7. The van der Waals surface area contributed by atoms with Crippen molar-refractivity contribution in [3.8, 4) is 28.3 Å². The molecule has 0 aliphatic rings. The van der Waals surface area contributed by atoms with Crippen molar-refractivity contribution >= 4 is 11.6 Å². The first-order valence-electron chi connectivity index (χ1n) is 11.1. The minimum absolute atomic E-state index is 0.194. The first-order valence-corrected chi connectivity index (χ1v) is 11.1. The molecule has 168 valence electrons. The zero-order chi connectivity index (χ0) is 23.3. The maximum absolute atomic E-state index is 13.1. The monoisotopic (exact) mass is 448 g/mol. The molecule has 0 saturated heterocycles. The fourth-order valence-corrected chi connectivity index (χ4v) is 3.90. The molecule has 0 saturated carbocycles. The molecule has 5 rings (SSSR count). The van der Waals surface area contributed by atoms with Crippen molar-refractivity contribution in [1.29, 1.82) is 0 Å². The standard InChI is InChI=1S/C28H24N4O2/c1-34-23-14-12-20(13-15-23)16-17-29-28(33)24-19-30-32-26(22-10-6-3-7-11-22)18-25(31-27(24)32)21-8-4-2-5-9-21/h2-15,18-19H,16-17H2,1H3,(H,29,33). The Balaban J connectivity index is 1.46. The van der Waals surface area contributed by atoms with Crippen molar-refractivity contribution < 1.29 is 9.53 Å². The van der Waals surface area contributed by atoms with E-state index in [0.29, 0.717) is 24.2 Å². The first-order chi connectivity index (χ1) is 16.7. The van der Waals surface area contributed by atoms with Crippen LogP contribution in [0.15, 0.2) is 97.2 Å². The van der Waals surface area contributed by atoms with Crippen molar-refractivity contribution in [1.82, 2.24) is 19.9 Å². The Morgan fingerprint density at radius 2 is 1.59 bits per heavy atom. The maximum Gasteiger partial charge on any atom is 0.256 e. The summed E-state index contributed by atoms with van der Waals surface area (Å²) in [6.45, 7) is 0.506. The number of ether oxygens (including phenoxy) is 1. The van der Waals surface area contributed by atoms with Gasteiger partial charge in [-0.3, -0.25) is 4.79 Å². The highest BCUT2D eigenvalue weighted by Crippen LogP contribution is 2.27. The van der Waals surface area contributed by atoms with Crippen LogP contribution in [0.3, 0.4) is 0 Å². The number of hydrogen-bond acceptors (Lipinski definition) is 4. The van der Waals surface area contributed by atoms with E-state index in [1.807, 2.05) is 91.0 Å². The number of nitrogens with one attached hydrogen (secondary N) is 1. The number of carbonyl (C=O) groups excluding carboxylic acids is 1. The predicted molar refractivity (Wildman–Crippen MR) is 133 cm³/mol. The lowest BCUT2D eigenvalue weighted by Crippen LogP contribution is -2.25. The van der Waals surface area contributed by atoms with Crippen LogP contribution in [-0.4, -0.2) is 34.2 Å². The van der Waals surface area contributed by atoms with Gasteiger partial charge in [-0.25, -0.2) is 9.50 Å². The van der Waals surface area contributed by atoms with Gasteiger partial charge >= 0.3 is 0 Å². The average molecular weight is 449 g/mol. The molecule has 2 aromatic heterocycles. The Morgan fingerprint density at radius 1 is 0.912 bits per heavy atom. The highest BCUT2D eigenvalue weighted by Gasteiger charge is 2.18. The van der Waals surface area contributed by atoms with E-state index in [2.05, 4.69) is 10.4 Å². The Morgan fingerprint density at radius 3 is 2.26 bits per heavy atom. The summed E-state index contributed by atoms with van der Waals surface area (Å²) in [6, 6.07) is 29.8. The van der Waals surface area contributed by atoms with E-state index in [4.69, 9.17) is 9.72 Å². The van der Waals surface area contributed by atoms with Gasteiger partial charge in [-0.2, -0.15) is 5.10 Å². The van der Waals surface area contributed by atoms with Gasteiger partial charge in [0.1, 0.15) is 11.3 Å². The second kappa shape index (κ2) is 9.58. The summed E-state index contributed by atoms with van der Waals surface area (Å²) in [7, 11) is 1.64. The molecule has 0 radical (unpaired) electrons. The molecule has 0 bridgehead atoms. The second-order valence-electron chi connectivity index (χ2n) is 7.91. The third kappa shape index (κ3) is 4.38. The molecule has 2 heterocycles. The quantitative estimate of drug-likeness (QED) is 0.379. The van der Waals surface area contributed by atoms with Crippen LogP contribution >= 0.6 is 0 Å². The number of amides is 1. The zero-order valence-electron chi connectivity index (χ0n) is 18.8. The number of nitrogens with zero attached hydrogens (tertiary/aromatic N) is 3. The number of hydrogen-bond donors (Lipinski definition) is 1. The van der Waals surface area contributed by atoms with Gasteiger partial charge in [0.15, 0.2) is 5.65 Å². The van der Waals surface area contributed by atoms with Crippen LogP contribution < -0.4 is 10.1 Å². The summed E-state index contributed by atoms with van der Waals surface area (Å²) in [5.41, 5.74) is 5.75. The molecule has 0 spiro atoms. The molecule has 0 unspecified atom stereocenters. The second-order valence-corrected chi connectivity index (χ2v) is 7.91. The number of aromatic nitrogens is 3. The van der Waals surface area contributed by atoms with Gasteiger partial charge in [0.25, 0.3) is 5.91 Å². The maximum atomic E-state index is 13.1. The molecule has 1 N–H and O–H groups in total. The topological polar surface area (TPSA) is 68.5 Å². The van der Waals surface area contributed by atoms with Gasteiger partial charge in [0, 0.05) is 17.7 Å². The molecule has 0 atom stereocenters. The summed E-state index contributed by atoms with van der Waals surface area (Å²) >= 11 is 0. The Bertz CT molecular complexity index is 1410. The normalized spacial score (nSPS) is 10.9. The third-order valence-corrected chi connectivity index (χ3v) is 5.71. The summed E-state index contributed by atoms with van der Waals surface area (Å²) in [4.78, 5) is 17.9. The minimum atomic E-state index is -0.194. The molecule has 0 fully saturated rings. The number of methoxy groups -OCH3 is 1. The van der Waals surface area contributed by atoms with E-state index >= 15 is 0 Å². The highest BCUT2D eigenvalue weighted by molar-refractivity contribution is 6.00. The van der Waals surface area contributed by atoms with E-state index in [-0.39, 0.29) is 5.91 Å². The smallest absolute Gasteiger partial charge is 0.256 e. The fourth-order valence-electron chi connectivity index (χ4n) is 3.90. The summed E-state index contributed by atoms with van der Waals surface area (Å²) in [6.07, 6.45) is 2.30. The highest BCUT2D eigenvalue weighted by atomic mass is 16.5. The van der Waals surface area contributed by atoms with Crippen LogP contribution in [0.5, 0.6) is 5.75 Å². The summed E-state index contributed by atoms with van der Waals surface area (Å²) in [5, 5.41) is 7.52. The molecule has 6 nitrogen and oxygen atoms in total. The van der Waals surface area contributed by atoms with Crippen molar-refractivity contribution in [2.75, 3.05) is 13.7 Å². The van der Waals surface area contributed by atoms with Crippen LogP contribution in [-0.2, 0) is 6.42 Å². The Hall–Kier alpha value is -4.45. The van der Waals surface area contributed by atoms with Crippen LogP contribution in [0.25, 0.3) is 28.2 Å². The van der Waals surface area contributed by atoms with Crippen LogP contribution in [0.4, 0.5) is 0 Å². The van der Waals surface area contributed by atoms with Gasteiger partial charge < -0.3 is 10.1 Å². The number of fused-ring (bicyclic) bond motifs is 1. The van der Waals surface area contributed by atoms with Crippen molar-refractivity contribution in [2.24, 2.45) is 0 Å². The molecule has 3 aromatic carbocycles. The molecule has 1 amide bonds. The van der Waals surface area contributed by atoms with Crippen molar-refractivity contribution in [2.45, 2.75) is 6.42 Å². The lowest BCUT2D eigenvalue weighted by atomic mass is 10.1. The van der Waals surface area contributed by atoms with Gasteiger partial charge in [0.05, 0.1) is 24.7 Å². The van der Waals surface area contributed by atoms with Crippen molar-refractivity contribution in [3.05, 3.63) is 108 Å². The number of carbonyl (C=O) groups is 1. The largest absolute Gasteiger partial charge is 0.497 e. The SMILES string of the molecule is COc1ccc(CCNC(=O)c2cnn3c(-c4ccccc4)cc(-c4ccccc4)nc23)cc1. The first kappa shape index (κ1) is 21.4. The molecule has 34 heavy (non-hydrogen) atoms. The summed E-state index contributed by atoms with van der Waals surface area (Å²) < 4.78 is 6.94. The summed E-state index contributed by atoms with van der Waals surface area (Å²) in [5.74, 6) is 0.619. The van der Waals surface area contributed by atoms with E-state index in [1.165, 1.54) is 0 Å².